The van der Waals surface area contributed by atoms with E-state index >= 15 is 0 Å². The van der Waals surface area contributed by atoms with Gasteiger partial charge in [0.05, 0.1) is 17.1 Å². The molecule has 2 rings (SSSR count). The monoisotopic (exact) mass is 330 g/mol. The Bertz CT molecular complexity index is 589. The fraction of sp³-hybridized carbons (Fsp3) is 0.231. The lowest BCUT2D eigenvalue weighted by Crippen LogP contribution is -3.08. The van der Waals surface area contributed by atoms with Gasteiger partial charge in [0.2, 0.25) is 0 Å². The van der Waals surface area contributed by atoms with Gasteiger partial charge in [0.25, 0.3) is 5.91 Å². The van der Waals surface area contributed by atoms with Crippen LogP contribution in [0, 0.1) is 0 Å². The zero-order valence-electron chi connectivity index (χ0n) is 10.8. The molecule has 1 amide bonds. The van der Waals surface area contributed by atoms with Gasteiger partial charge >= 0.3 is 0 Å². The number of aromatic nitrogens is 1. The minimum absolute atomic E-state index is 0.130. The summed E-state index contributed by atoms with van der Waals surface area (Å²) in [6.45, 7) is 1.15. The first-order valence-electron chi connectivity index (χ1n) is 5.98. The lowest BCUT2D eigenvalue weighted by Gasteiger charge is -2.13. The largest absolute Gasteiger partial charge is 0.326 e. The molecule has 0 fully saturated rings. The first-order valence-corrected chi connectivity index (χ1v) is 7.67. The van der Waals surface area contributed by atoms with Crippen molar-refractivity contribution in [1.29, 1.82) is 0 Å². The van der Waals surface area contributed by atoms with Crippen LogP contribution in [0.5, 0.6) is 0 Å². The van der Waals surface area contributed by atoms with Gasteiger partial charge < -0.3 is 10.2 Å². The van der Waals surface area contributed by atoms with Gasteiger partial charge in [-0.1, -0.05) is 23.2 Å². The number of hydrogen-bond acceptors (Lipinski definition) is 3. The smallest absolute Gasteiger partial charge is 0.280 e. The standard InChI is InChI=1S/C13H13Cl2N3OS/c1-18(6-9-2-3-20-8-9)7-12(19)17-13-11(15)4-10(14)5-16-13/h2-5,8H,6-7H2,1H3,(H,16,17,19)/p+1. The van der Waals surface area contributed by atoms with Crippen molar-refractivity contribution in [2.75, 3.05) is 18.9 Å². The van der Waals surface area contributed by atoms with Crippen LogP contribution >= 0.6 is 34.5 Å². The zero-order chi connectivity index (χ0) is 14.5. The summed E-state index contributed by atoms with van der Waals surface area (Å²) in [4.78, 5) is 17.0. The molecule has 0 aliphatic rings. The molecule has 2 heterocycles. The van der Waals surface area contributed by atoms with Crippen molar-refractivity contribution in [2.45, 2.75) is 6.54 Å². The second kappa shape index (κ2) is 7.04. The van der Waals surface area contributed by atoms with Crippen LogP contribution in [0.2, 0.25) is 10.0 Å². The third kappa shape index (κ3) is 4.45. The quantitative estimate of drug-likeness (QED) is 0.881. The number of nitrogens with zero attached hydrogens (tertiary/aromatic N) is 1. The molecule has 0 saturated heterocycles. The number of hydrogen-bond donors (Lipinski definition) is 2. The SMILES string of the molecule is C[NH+](CC(=O)Nc1ncc(Cl)cc1Cl)Cc1ccsc1. The number of carbonyl (C=O) groups is 1. The highest BCUT2D eigenvalue weighted by Gasteiger charge is 2.13. The minimum atomic E-state index is -0.130. The minimum Gasteiger partial charge on any atom is -0.326 e. The lowest BCUT2D eigenvalue weighted by atomic mass is 10.3. The van der Waals surface area contributed by atoms with Crippen molar-refractivity contribution in [3.8, 4) is 0 Å². The van der Waals surface area contributed by atoms with Crippen molar-refractivity contribution < 1.29 is 9.69 Å². The van der Waals surface area contributed by atoms with Crippen molar-refractivity contribution in [3.63, 3.8) is 0 Å². The van der Waals surface area contributed by atoms with Gasteiger partial charge in [-0.3, -0.25) is 4.79 Å². The number of anilines is 1. The first-order chi connectivity index (χ1) is 9.54. The van der Waals surface area contributed by atoms with E-state index in [4.69, 9.17) is 23.2 Å². The summed E-state index contributed by atoms with van der Waals surface area (Å²) in [7, 11) is 1.97. The topological polar surface area (TPSA) is 46.4 Å². The van der Waals surface area contributed by atoms with E-state index in [9.17, 15) is 4.79 Å². The van der Waals surface area contributed by atoms with E-state index in [2.05, 4.69) is 21.7 Å². The Kier molecular flexibility index (Phi) is 5.37. The van der Waals surface area contributed by atoms with Gasteiger partial charge in [0.15, 0.2) is 12.4 Å². The maximum absolute atomic E-state index is 11.9. The van der Waals surface area contributed by atoms with Crippen LogP contribution in [-0.4, -0.2) is 24.5 Å². The van der Waals surface area contributed by atoms with Gasteiger partial charge in [0, 0.05) is 11.8 Å². The van der Waals surface area contributed by atoms with Gasteiger partial charge in [-0.2, -0.15) is 11.3 Å². The number of likely N-dealkylation sites (N-methyl/N-ethyl adjacent to an activating group) is 1. The third-order valence-corrected chi connectivity index (χ3v) is 3.84. The van der Waals surface area contributed by atoms with Crippen molar-refractivity contribution >= 4 is 46.3 Å². The van der Waals surface area contributed by atoms with Crippen LogP contribution in [0.15, 0.2) is 29.1 Å². The summed E-state index contributed by atoms with van der Waals surface area (Å²) in [5, 5.41) is 7.57. The zero-order valence-corrected chi connectivity index (χ0v) is 13.1. The summed E-state index contributed by atoms with van der Waals surface area (Å²) >= 11 is 13.4. The number of quaternary nitrogens is 1. The predicted octanol–water partition coefficient (Wildman–Crippen LogP) is 2.10. The van der Waals surface area contributed by atoms with E-state index in [1.807, 2.05) is 12.4 Å². The molecule has 2 aromatic heterocycles. The second-order valence-corrected chi connectivity index (χ2v) is 6.10. The fourth-order valence-corrected chi connectivity index (χ4v) is 2.86. The Morgan fingerprint density at radius 1 is 1.50 bits per heavy atom. The van der Waals surface area contributed by atoms with Crippen LogP contribution in [0.1, 0.15) is 5.56 Å². The van der Waals surface area contributed by atoms with Crippen molar-refractivity contribution in [2.24, 2.45) is 0 Å². The molecule has 2 aromatic rings. The maximum atomic E-state index is 11.9. The number of halogens is 2. The van der Waals surface area contributed by atoms with E-state index in [1.165, 1.54) is 11.8 Å². The molecule has 7 heteroatoms. The molecule has 0 radical (unpaired) electrons. The molecule has 0 aliphatic heterocycles. The Labute approximate surface area is 131 Å². The number of pyridine rings is 1. The van der Waals surface area contributed by atoms with Gasteiger partial charge in [-0.15, -0.1) is 0 Å². The second-order valence-electron chi connectivity index (χ2n) is 4.47. The number of rotatable bonds is 5. The summed E-state index contributed by atoms with van der Waals surface area (Å²) in [6, 6.07) is 3.61. The molecule has 106 valence electrons. The van der Waals surface area contributed by atoms with Crippen LogP contribution in [0.4, 0.5) is 5.82 Å². The average Bonchev–Trinajstić information content (AvgIpc) is 2.85. The highest BCUT2D eigenvalue weighted by Crippen LogP contribution is 2.22. The summed E-state index contributed by atoms with van der Waals surface area (Å²) < 4.78 is 0. The van der Waals surface area contributed by atoms with E-state index in [-0.39, 0.29) is 5.91 Å². The number of nitrogens with one attached hydrogen (secondary N) is 2. The molecule has 0 bridgehead atoms. The van der Waals surface area contributed by atoms with E-state index in [0.717, 1.165) is 11.4 Å². The molecule has 0 spiro atoms. The average molecular weight is 331 g/mol. The van der Waals surface area contributed by atoms with E-state index in [1.54, 1.807) is 17.4 Å². The molecular weight excluding hydrogens is 317 g/mol. The van der Waals surface area contributed by atoms with Crippen LogP contribution in [0.25, 0.3) is 0 Å². The number of thiophene rings is 1. The van der Waals surface area contributed by atoms with Gasteiger partial charge in [0.1, 0.15) is 6.54 Å². The van der Waals surface area contributed by atoms with Crippen molar-refractivity contribution in [3.05, 3.63) is 44.7 Å². The van der Waals surface area contributed by atoms with Gasteiger partial charge in [-0.25, -0.2) is 4.98 Å². The van der Waals surface area contributed by atoms with Crippen LogP contribution < -0.4 is 10.2 Å². The highest BCUT2D eigenvalue weighted by molar-refractivity contribution is 7.07. The molecule has 2 N–H and O–H groups in total. The summed E-state index contributed by atoms with van der Waals surface area (Å²) in [6.07, 6.45) is 1.45. The molecular formula is C13H14Cl2N3OS+. The fourth-order valence-electron chi connectivity index (χ4n) is 1.76. The lowest BCUT2D eigenvalue weighted by molar-refractivity contribution is -0.885. The van der Waals surface area contributed by atoms with Crippen LogP contribution in [0.3, 0.4) is 0 Å². The van der Waals surface area contributed by atoms with E-state index < -0.39 is 0 Å². The molecule has 0 aliphatic carbocycles. The maximum Gasteiger partial charge on any atom is 0.280 e. The Balaban J connectivity index is 1.88. The Morgan fingerprint density at radius 2 is 2.30 bits per heavy atom. The van der Waals surface area contributed by atoms with E-state index in [0.29, 0.717) is 22.4 Å². The predicted molar refractivity (Wildman–Crippen MR) is 82.7 cm³/mol. The third-order valence-electron chi connectivity index (χ3n) is 2.61. The normalized spacial score (nSPS) is 12.2. The number of carbonyl (C=O) groups excluding carboxylic acids is 1. The Hall–Kier alpha value is -1.14. The summed E-state index contributed by atoms with van der Waals surface area (Å²) in [5.74, 6) is 0.207. The molecule has 0 saturated carbocycles. The molecule has 20 heavy (non-hydrogen) atoms. The first kappa shape index (κ1) is 15.3. The Morgan fingerprint density at radius 3 is 2.95 bits per heavy atom. The summed E-state index contributed by atoms with van der Waals surface area (Å²) in [5.41, 5.74) is 1.22. The number of amides is 1. The molecule has 1 atom stereocenters. The molecule has 4 nitrogen and oxygen atoms in total. The highest BCUT2D eigenvalue weighted by atomic mass is 35.5. The molecule has 0 aromatic carbocycles. The molecule has 1 unspecified atom stereocenters. The van der Waals surface area contributed by atoms with Crippen molar-refractivity contribution in [1.82, 2.24) is 4.98 Å². The van der Waals surface area contributed by atoms with Crippen LogP contribution in [-0.2, 0) is 11.3 Å². The van der Waals surface area contributed by atoms with Gasteiger partial charge in [-0.05, 0) is 22.9 Å².